The van der Waals surface area contributed by atoms with E-state index >= 15 is 0 Å². The number of hydrogen-bond donors (Lipinski definition) is 2. The molecule has 2 unspecified atom stereocenters. The standard InChI is InChI=1S/C22H18BrF5N4O2S.C22H19F5N4O2S/c1-11-20(23)12(10-35(3)32-21(33)22(26,27)28)6-19(30-11)31-18-8-15(16(25)9-29-18)14-5-4-13(24)7-17(14)34-2;1-12-6-13(11-34(3)31-21(32)22(25,26)27)7-20(29-12)30-19-9-16(17(24)10-28-19)15-5-4-14(23)8-18(15)33-2/h4-9H,10H2,1-3H3,(H,29,30,31);4-10H,11H2,1-3H3,(H,28,29,30). The van der Waals surface area contributed by atoms with Gasteiger partial charge in [-0.3, -0.25) is 9.59 Å². The van der Waals surface area contributed by atoms with E-state index in [1.165, 1.54) is 63.1 Å². The minimum atomic E-state index is -5.03. The van der Waals surface area contributed by atoms with Crippen molar-refractivity contribution < 1.29 is 63.0 Å². The van der Waals surface area contributed by atoms with Crippen LogP contribution in [0, 0.1) is 37.1 Å². The molecule has 2 aromatic carbocycles. The quantitative estimate of drug-likeness (QED) is 0.113. The number of pyridine rings is 4. The Kier molecular flexibility index (Phi) is 17.7. The number of anilines is 4. The topological polar surface area (TPSA) is 153 Å². The number of nitrogens with zero attached hydrogens (tertiary/aromatic N) is 6. The van der Waals surface area contributed by atoms with Crippen LogP contribution in [0.1, 0.15) is 22.5 Å². The molecule has 0 aliphatic carbocycles. The van der Waals surface area contributed by atoms with Crippen LogP contribution in [-0.2, 0) is 42.5 Å². The van der Waals surface area contributed by atoms with Gasteiger partial charge in [-0.2, -0.15) is 35.1 Å². The van der Waals surface area contributed by atoms with Crippen LogP contribution in [0.2, 0.25) is 0 Å². The van der Waals surface area contributed by atoms with Crippen molar-refractivity contribution in [1.82, 2.24) is 19.9 Å². The number of halogens is 11. The maximum absolute atomic E-state index is 14.5. The third-order valence-electron chi connectivity index (χ3n) is 9.04. The number of carbonyl (C=O) groups is 2. The van der Waals surface area contributed by atoms with Crippen molar-refractivity contribution >= 4 is 72.4 Å². The van der Waals surface area contributed by atoms with Crippen LogP contribution in [0.25, 0.3) is 22.3 Å². The predicted molar refractivity (Wildman–Crippen MR) is 245 cm³/mol. The third-order valence-corrected chi connectivity index (χ3v) is 12.6. The number of hydrogen-bond acceptors (Lipinski definition) is 10. The van der Waals surface area contributed by atoms with Gasteiger partial charge >= 0.3 is 24.2 Å². The lowest BCUT2D eigenvalue weighted by Gasteiger charge is -2.14. The van der Waals surface area contributed by atoms with Crippen LogP contribution >= 0.6 is 15.9 Å². The van der Waals surface area contributed by atoms with Crippen molar-refractivity contribution in [3.8, 4) is 33.8 Å². The summed E-state index contributed by atoms with van der Waals surface area (Å²) in [4.78, 5) is 39.0. The van der Waals surface area contributed by atoms with Gasteiger partial charge < -0.3 is 20.1 Å². The molecule has 0 spiro atoms. The van der Waals surface area contributed by atoms with Crippen LogP contribution in [-0.4, -0.2) is 70.8 Å². The molecule has 0 saturated heterocycles. The Balaban J connectivity index is 0.000000258. The number of aromatic nitrogens is 4. The van der Waals surface area contributed by atoms with Crippen LogP contribution in [0.3, 0.4) is 0 Å². The Morgan fingerprint density at radius 3 is 1.52 bits per heavy atom. The van der Waals surface area contributed by atoms with Crippen LogP contribution < -0.4 is 20.1 Å². The number of aryl methyl sites for hydroxylation is 2. The summed E-state index contributed by atoms with van der Waals surface area (Å²) in [5.41, 5.74) is 3.08. The Labute approximate surface area is 400 Å². The molecule has 0 radical (unpaired) electrons. The SMILES string of the molecule is COc1cc(F)ccc1-c1cc(Nc2cc(CS(C)=NC(=O)C(F)(F)F)c(Br)c(C)n2)ncc1F.COc1cc(F)ccc1-c1cc(Nc2cc(CS(C)=NC(=O)C(F)(F)F)cc(C)n2)ncc1F. The summed E-state index contributed by atoms with van der Waals surface area (Å²) in [5.74, 6) is -5.21. The van der Waals surface area contributed by atoms with Gasteiger partial charge in [-0.05, 0) is 108 Å². The second-order valence-electron chi connectivity index (χ2n) is 14.4. The minimum absolute atomic E-state index is 0.0509. The molecule has 2 atom stereocenters. The van der Waals surface area contributed by atoms with E-state index in [9.17, 15) is 53.5 Å². The van der Waals surface area contributed by atoms with E-state index < -0.39 is 68.8 Å². The fourth-order valence-corrected chi connectivity index (χ4v) is 8.92. The minimum Gasteiger partial charge on any atom is -0.496 e. The molecule has 4 heterocycles. The van der Waals surface area contributed by atoms with Gasteiger partial charge in [0.15, 0.2) is 0 Å². The number of ether oxygens (including phenoxy) is 2. The molecule has 366 valence electrons. The lowest BCUT2D eigenvalue weighted by Crippen LogP contribution is -2.21. The second-order valence-corrected chi connectivity index (χ2v) is 18.5. The Bertz CT molecular complexity index is 2980. The summed E-state index contributed by atoms with van der Waals surface area (Å²) in [6, 6.07) is 15.0. The molecule has 6 aromatic rings. The monoisotopic (exact) mass is 1070 g/mol. The number of carbonyl (C=O) groups excluding carboxylic acids is 2. The Morgan fingerprint density at radius 1 is 0.623 bits per heavy atom. The molecule has 2 N–H and O–H groups in total. The van der Waals surface area contributed by atoms with Gasteiger partial charge in [-0.1, -0.05) is 21.4 Å². The molecule has 4 aromatic heterocycles. The summed E-state index contributed by atoms with van der Waals surface area (Å²) in [6.45, 7) is 3.37. The zero-order valence-corrected chi connectivity index (χ0v) is 39.9. The van der Waals surface area contributed by atoms with E-state index in [-0.39, 0.29) is 51.6 Å². The van der Waals surface area contributed by atoms with E-state index in [1.54, 1.807) is 32.0 Å². The van der Waals surface area contributed by atoms with Gasteiger partial charge in [0.05, 0.1) is 32.3 Å². The molecular formula is C44H37BrF10N8O4S2. The Hall–Kier alpha value is -6.34. The maximum Gasteiger partial charge on any atom is 0.474 e. The second kappa shape index (κ2) is 22.8. The maximum atomic E-state index is 14.5. The highest BCUT2D eigenvalue weighted by atomic mass is 79.9. The fourth-order valence-electron chi connectivity index (χ4n) is 6.16. The number of alkyl halides is 6. The van der Waals surface area contributed by atoms with Crippen LogP contribution in [0.4, 0.5) is 67.2 Å². The number of amides is 2. The third kappa shape index (κ3) is 14.8. The highest BCUT2D eigenvalue weighted by molar-refractivity contribution is 9.10. The molecule has 6 rings (SSSR count). The van der Waals surface area contributed by atoms with Crippen molar-refractivity contribution in [3.05, 3.63) is 129 Å². The summed E-state index contributed by atoms with van der Waals surface area (Å²) in [7, 11) is 0.218. The molecule has 0 aliphatic rings. The van der Waals surface area contributed by atoms with Crippen molar-refractivity contribution in [1.29, 1.82) is 0 Å². The van der Waals surface area contributed by atoms with Gasteiger partial charge in [-0.15, -0.1) is 0 Å². The van der Waals surface area contributed by atoms with Crippen molar-refractivity contribution in [2.75, 3.05) is 37.4 Å². The molecular weight excluding hydrogens is 1040 g/mol. The smallest absolute Gasteiger partial charge is 0.474 e. The zero-order chi connectivity index (χ0) is 51.0. The summed E-state index contributed by atoms with van der Waals surface area (Å²) in [6.07, 6.45) is -5.22. The van der Waals surface area contributed by atoms with Gasteiger partial charge in [-0.25, -0.2) is 37.5 Å². The summed E-state index contributed by atoms with van der Waals surface area (Å²) < 4.78 is 148. The first-order chi connectivity index (χ1) is 32.3. The average Bonchev–Trinajstić information content (AvgIpc) is 3.26. The first-order valence-corrected chi connectivity index (χ1v) is 23.7. The van der Waals surface area contributed by atoms with E-state index in [1.807, 2.05) is 0 Å². The van der Waals surface area contributed by atoms with Crippen LogP contribution in [0.5, 0.6) is 11.5 Å². The zero-order valence-electron chi connectivity index (χ0n) is 36.7. The van der Waals surface area contributed by atoms with E-state index in [4.69, 9.17) is 9.47 Å². The lowest BCUT2D eigenvalue weighted by atomic mass is 10.0. The predicted octanol–water partition coefficient (Wildman–Crippen LogP) is 11.8. The fraction of sp³-hybridized carbons (Fsp3) is 0.227. The molecule has 69 heavy (non-hydrogen) atoms. The van der Waals surface area contributed by atoms with Crippen LogP contribution in [0.15, 0.2) is 92.3 Å². The number of benzene rings is 2. The first-order valence-electron chi connectivity index (χ1n) is 19.4. The van der Waals surface area contributed by atoms with Crippen molar-refractivity contribution in [2.45, 2.75) is 37.7 Å². The van der Waals surface area contributed by atoms with E-state index in [0.29, 0.717) is 43.9 Å². The van der Waals surface area contributed by atoms with E-state index in [0.717, 1.165) is 24.5 Å². The molecule has 0 bridgehead atoms. The molecule has 0 fully saturated rings. The molecule has 25 heteroatoms. The first kappa shape index (κ1) is 53.6. The number of methoxy groups -OCH3 is 2. The van der Waals surface area contributed by atoms with Gasteiger partial charge in [0, 0.05) is 56.1 Å². The lowest BCUT2D eigenvalue weighted by molar-refractivity contribution is -0.169. The number of rotatable bonds is 12. The van der Waals surface area contributed by atoms with Crippen molar-refractivity contribution in [2.24, 2.45) is 8.73 Å². The Morgan fingerprint density at radius 2 is 1.07 bits per heavy atom. The van der Waals surface area contributed by atoms with E-state index in [2.05, 4.69) is 55.2 Å². The summed E-state index contributed by atoms with van der Waals surface area (Å²) >= 11 is 3.36. The van der Waals surface area contributed by atoms with Gasteiger partial charge in [0.25, 0.3) is 0 Å². The normalized spacial score (nSPS) is 12.5. The molecule has 2 amide bonds. The highest BCUT2D eigenvalue weighted by Crippen LogP contribution is 2.36. The van der Waals surface area contributed by atoms with Gasteiger partial charge in [0.2, 0.25) is 0 Å². The number of nitrogens with one attached hydrogen (secondary N) is 2. The molecule has 0 saturated carbocycles. The highest BCUT2D eigenvalue weighted by Gasteiger charge is 2.39. The average molecular weight is 1080 g/mol. The largest absolute Gasteiger partial charge is 0.496 e. The molecule has 12 nitrogen and oxygen atoms in total. The van der Waals surface area contributed by atoms with Gasteiger partial charge in [0.1, 0.15) is 58.0 Å². The molecule has 0 aliphatic heterocycles. The van der Waals surface area contributed by atoms with Crippen molar-refractivity contribution in [3.63, 3.8) is 0 Å². The summed E-state index contributed by atoms with van der Waals surface area (Å²) in [5, 5.41) is 5.87.